The van der Waals surface area contributed by atoms with Crippen molar-refractivity contribution in [1.82, 2.24) is 5.32 Å². The Hall–Kier alpha value is -0.150. The topological polar surface area (TPSA) is 24.6 Å². The van der Waals surface area contributed by atoms with Crippen molar-refractivity contribution in [2.75, 3.05) is 13.1 Å². The Labute approximate surface area is 53.4 Å². The maximum Gasteiger partial charge on any atom is 0.141 e. The highest BCUT2D eigenvalue weighted by molar-refractivity contribution is 4.94. The molecule has 0 spiro atoms. The summed E-state index contributed by atoms with van der Waals surface area (Å²) in [7, 11) is 0. The Morgan fingerprint density at radius 3 is 3.33 bits per heavy atom. The van der Waals surface area contributed by atoms with Gasteiger partial charge >= 0.3 is 0 Å². The number of rotatable bonds is 0. The molecule has 3 atom stereocenters. The standard InChI is InChI=1S/C6H10FNO/c7-4-3-8-2-1-5-6(4)9-5/h4-6,8H,1-3H2. The van der Waals surface area contributed by atoms with E-state index in [0.29, 0.717) is 6.54 Å². The van der Waals surface area contributed by atoms with E-state index in [2.05, 4.69) is 5.32 Å². The summed E-state index contributed by atoms with van der Waals surface area (Å²) in [6, 6.07) is 0. The molecule has 9 heavy (non-hydrogen) atoms. The summed E-state index contributed by atoms with van der Waals surface area (Å²) in [6.45, 7) is 1.38. The van der Waals surface area contributed by atoms with Crippen molar-refractivity contribution in [3.8, 4) is 0 Å². The van der Waals surface area contributed by atoms with Gasteiger partial charge in [0.15, 0.2) is 0 Å². The van der Waals surface area contributed by atoms with E-state index in [4.69, 9.17) is 4.74 Å². The fourth-order valence-corrected chi connectivity index (χ4v) is 1.31. The Morgan fingerprint density at radius 2 is 2.44 bits per heavy atom. The molecule has 0 aromatic rings. The predicted octanol–water partition coefficient (Wildman–Crippen LogP) is 0.0852. The molecule has 0 radical (unpaired) electrons. The number of alkyl halides is 1. The SMILES string of the molecule is FC1CNCCC2OC12. The first kappa shape index (κ1) is 5.62. The number of hydrogen-bond donors (Lipinski definition) is 1. The summed E-state index contributed by atoms with van der Waals surface area (Å²) >= 11 is 0. The van der Waals surface area contributed by atoms with E-state index in [-0.39, 0.29) is 12.2 Å². The zero-order chi connectivity index (χ0) is 6.27. The Balaban J connectivity index is 1.96. The summed E-state index contributed by atoms with van der Waals surface area (Å²) in [6.07, 6.45) is 0.373. The van der Waals surface area contributed by atoms with Gasteiger partial charge in [-0.15, -0.1) is 0 Å². The third kappa shape index (κ3) is 0.946. The van der Waals surface area contributed by atoms with Crippen LogP contribution < -0.4 is 5.32 Å². The highest BCUT2D eigenvalue weighted by atomic mass is 19.1. The van der Waals surface area contributed by atoms with Crippen LogP contribution in [0, 0.1) is 0 Å². The normalized spacial score (nSPS) is 49.7. The van der Waals surface area contributed by atoms with Gasteiger partial charge in [0.05, 0.1) is 6.10 Å². The molecule has 2 fully saturated rings. The molecule has 0 amide bonds. The molecule has 0 aliphatic carbocycles. The van der Waals surface area contributed by atoms with Crippen LogP contribution in [0.1, 0.15) is 6.42 Å². The summed E-state index contributed by atoms with van der Waals surface area (Å²) in [5.74, 6) is 0. The molecule has 3 unspecified atom stereocenters. The fourth-order valence-electron chi connectivity index (χ4n) is 1.31. The maximum atomic E-state index is 12.7. The van der Waals surface area contributed by atoms with E-state index in [9.17, 15) is 4.39 Å². The lowest BCUT2D eigenvalue weighted by molar-refractivity contribution is 0.232. The number of ether oxygens (including phenoxy) is 1. The Bertz CT molecular complexity index is 120. The minimum absolute atomic E-state index is 0.0694. The van der Waals surface area contributed by atoms with Crippen molar-refractivity contribution >= 4 is 0 Å². The molecule has 0 aromatic carbocycles. The molecule has 0 saturated carbocycles. The van der Waals surface area contributed by atoms with Gasteiger partial charge in [0.2, 0.25) is 0 Å². The van der Waals surface area contributed by atoms with E-state index >= 15 is 0 Å². The van der Waals surface area contributed by atoms with E-state index in [1.165, 1.54) is 0 Å². The van der Waals surface area contributed by atoms with Crippen LogP contribution in [0.15, 0.2) is 0 Å². The first-order chi connectivity index (χ1) is 4.38. The van der Waals surface area contributed by atoms with Crippen LogP contribution in [0.2, 0.25) is 0 Å². The van der Waals surface area contributed by atoms with Gasteiger partial charge in [0.25, 0.3) is 0 Å². The molecule has 2 heterocycles. The molecular formula is C6H10FNO. The second-order valence-electron chi connectivity index (χ2n) is 2.65. The van der Waals surface area contributed by atoms with Crippen molar-refractivity contribution in [1.29, 1.82) is 0 Å². The van der Waals surface area contributed by atoms with Crippen molar-refractivity contribution in [2.45, 2.75) is 24.8 Å². The zero-order valence-electron chi connectivity index (χ0n) is 5.14. The summed E-state index contributed by atoms with van der Waals surface area (Å²) in [5, 5.41) is 3.00. The van der Waals surface area contributed by atoms with Gasteiger partial charge in [-0.25, -0.2) is 4.39 Å². The third-order valence-electron chi connectivity index (χ3n) is 1.92. The average molecular weight is 131 g/mol. The largest absolute Gasteiger partial charge is 0.366 e. The molecule has 2 nitrogen and oxygen atoms in total. The Morgan fingerprint density at radius 1 is 1.56 bits per heavy atom. The van der Waals surface area contributed by atoms with Gasteiger partial charge in [0, 0.05) is 6.54 Å². The maximum absolute atomic E-state index is 12.7. The molecule has 2 aliphatic heterocycles. The third-order valence-corrected chi connectivity index (χ3v) is 1.92. The van der Waals surface area contributed by atoms with Crippen LogP contribution in [0.5, 0.6) is 0 Å². The smallest absolute Gasteiger partial charge is 0.141 e. The van der Waals surface area contributed by atoms with Gasteiger partial charge in [-0.3, -0.25) is 0 Å². The number of halogens is 1. The highest BCUT2D eigenvalue weighted by Crippen LogP contribution is 2.30. The average Bonchev–Trinajstić information content (AvgIpc) is 2.55. The van der Waals surface area contributed by atoms with Gasteiger partial charge in [-0.05, 0) is 13.0 Å². The van der Waals surface area contributed by atoms with Gasteiger partial charge in [0.1, 0.15) is 12.3 Å². The second-order valence-corrected chi connectivity index (χ2v) is 2.65. The molecule has 2 saturated heterocycles. The number of hydrogen-bond acceptors (Lipinski definition) is 2. The van der Waals surface area contributed by atoms with Crippen LogP contribution in [0.25, 0.3) is 0 Å². The molecule has 1 N–H and O–H groups in total. The first-order valence-corrected chi connectivity index (χ1v) is 3.38. The van der Waals surface area contributed by atoms with Crippen molar-refractivity contribution < 1.29 is 9.13 Å². The quantitative estimate of drug-likeness (QED) is 0.471. The molecule has 2 rings (SSSR count). The van der Waals surface area contributed by atoms with Crippen LogP contribution in [0.4, 0.5) is 4.39 Å². The minimum atomic E-state index is -0.766. The summed E-state index contributed by atoms with van der Waals surface area (Å²) < 4.78 is 17.7. The van der Waals surface area contributed by atoms with E-state index in [1.807, 2.05) is 0 Å². The van der Waals surface area contributed by atoms with E-state index in [1.54, 1.807) is 0 Å². The fraction of sp³-hybridized carbons (Fsp3) is 1.00. The summed E-state index contributed by atoms with van der Waals surface area (Å²) in [4.78, 5) is 0. The van der Waals surface area contributed by atoms with Crippen LogP contribution >= 0.6 is 0 Å². The van der Waals surface area contributed by atoms with Gasteiger partial charge in [-0.1, -0.05) is 0 Å². The highest BCUT2D eigenvalue weighted by Gasteiger charge is 2.45. The molecular weight excluding hydrogens is 121 g/mol. The monoisotopic (exact) mass is 131 g/mol. The Kier molecular flexibility index (Phi) is 1.20. The van der Waals surface area contributed by atoms with Crippen LogP contribution in [0.3, 0.4) is 0 Å². The molecule has 3 heteroatoms. The predicted molar refractivity (Wildman–Crippen MR) is 31.0 cm³/mol. The minimum Gasteiger partial charge on any atom is -0.366 e. The van der Waals surface area contributed by atoms with Crippen LogP contribution in [-0.4, -0.2) is 31.5 Å². The number of epoxide rings is 1. The van der Waals surface area contributed by atoms with Crippen LogP contribution in [-0.2, 0) is 4.74 Å². The van der Waals surface area contributed by atoms with Gasteiger partial charge < -0.3 is 10.1 Å². The van der Waals surface area contributed by atoms with Crippen molar-refractivity contribution in [3.05, 3.63) is 0 Å². The zero-order valence-corrected chi connectivity index (χ0v) is 5.14. The van der Waals surface area contributed by atoms with E-state index in [0.717, 1.165) is 13.0 Å². The lowest BCUT2D eigenvalue weighted by Crippen LogP contribution is -2.25. The second kappa shape index (κ2) is 1.92. The van der Waals surface area contributed by atoms with Crippen molar-refractivity contribution in [3.63, 3.8) is 0 Å². The molecule has 0 aromatic heterocycles. The molecule has 2 aliphatic rings. The lowest BCUT2D eigenvalue weighted by atomic mass is 10.2. The molecule has 52 valence electrons. The lowest BCUT2D eigenvalue weighted by Gasteiger charge is -2.01. The number of fused-ring (bicyclic) bond motifs is 1. The number of nitrogens with one attached hydrogen (secondary N) is 1. The molecule has 0 bridgehead atoms. The van der Waals surface area contributed by atoms with E-state index < -0.39 is 6.17 Å². The van der Waals surface area contributed by atoms with Crippen molar-refractivity contribution in [2.24, 2.45) is 0 Å². The first-order valence-electron chi connectivity index (χ1n) is 3.38. The summed E-state index contributed by atoms with van der Waals surface area (Å²) in [5.41, 5.74) is 0. The van der Waals surface area contributed by atoms with Gasteiger partial charge in [-0.2, -0.15) is 0 Å².